The highest BCUT2D eigenvalue weighted by molar-refractivity contribution is 7.99. The van der Waals surface area contributed by atoms with Crippen molar-refractivity contribution in [2.75, 3.05) is 12.3 Å². The third kappa shape index (κ3) is 3.00. The Morgan fingerprint density at radius 2 is 2.10 bits per heavy atom. The predicted molar refractivity (Wildman–Crippen MR) is 83.0 cm³/mol. The topological polar surface area (TPSA) is 12.0 Å². The number of rotatable bonds is 4. The quantitative estimate of drug-likeness (QED) is 0.895. The molecule has 0 fully saturated rings. The number of benzene rings is 2. The van der Waals surface area contributed by atoms with Crippen LogP contribution < -0.4 is 5.32 Å². The molecule has 0 bridgehead atoms. The van der Waals surface area contributed by atoms with E-state index in [0.29, 0.717) is 12.5 Å². The summed E-state index contributed by atoms with van der Waals surface area (Å²) in [5.74, 6) is 1.31. The van der Waals surface area contributed by atoms with Crippen molar-refractivity contribution in [1.29, 1.82) is 0 Å². The molecule has 0 aliphatic carbocycles. The van der Waals surface area contributed by atoms with Crippen LogP contribution in [0.4, 0.5) is 4.39 Å². The van der Waals surface area contributed by atoms with Crippen LogP contribution in [-0.4, -0.2) is 12.3 Å². The first kappa shape index (κ1) is 13.9. The van der Waals surface area contributed by atoms with Crippen molar-refractivity contribution >= 4 is 23.4 Å². The van der Waals surface area contributed by atoms with Crippen molar-refractivity contribution in [2.45, 2.75) is 17.4 Å². The third-order valence-electron chi connectivity index (χ3n) is 3.50. The second-order valence-electron chi connectivity index (χ2n) is 4.93. The van der Waals surface area contributed by atoms with Gasteiger partial charge in [-0.1, -0.05) is 35.9 Å². The van der Waals surface area contributed by atoms with E-state index in [0.717, 1.165) is 17.9 Å². The van der Waals surface area contributed by atoms with Crippen molar-refractivity contribution in [2.24, 2.45) is 0 Å². The Labute approximate surface area is 127 Å². The van der Waals surface area contributed by atoms with Crippen molar-refractivity contribution in [3.8, 4) is 0 Å². The highest BCUT2D eigenvalue weighted by Crippen LogP contribution is 2.38. The summed E-state index contributed by atoms with van der Waals surface area (Å²) in [6.45, 7) is 1.64. The minimum atomic E-state index is -0.364. The van der Waals surface area contributed by atoms with Crippen molar-refractivity contribution in [3.63, 3.8) is 0 Å². The Kier molecular flexibility index (Phi) is 4.29. The van der Waals surface area contributed by atoms with Crippen molar-refractivity contribution in [1.82, 2.24) is 5.32 Å². The molecule has 3 rings (SSSR count). The Morgan fingerprint density at radius 1 is 1.25 bits per heavy atom. The zero-order chi connectivity index (χ0) is 13.9. The molecular weight excluding hydrogens is 293 g/mol. The lowest BCUT2D eigenvalue weighted by Crippen LogP contribution is -2.21. The first-order chi connectivity index (χ1) is 9.74. The standard InChI is InChI=1S/C16H15ClFNS/c17-14-7-11(5-6-15(14)18)8-19-9-12-10-20-16-4-2-1-3-13(12)16/h1-7,12,19H,8-10H2. The fraction of sp³-hybridized carbons (Fsp3) is 0.250. The highest BCUT2D eigenvalue weighted by Gasteiger charge is 2.21. The van der Waals surface area contributed by atoms with E-state index < -0.39 is 0 Å². The van der Waals surface area contributed by atoms with E-state index in [1.54, 1.807) is 12.1 Å². The van der Waals surface area contributed by atoms with E-state index >= 15 is 0 Å². The lowest BCUT2D eigenvalue weighted by atomic mass is 10.0. The van der Waals surface area contributed by atoms with Gasteiger partial charge in [-0.05, 0) is 29.3 Å². The molecular formula is C16H15ClFNS. The van der Waals surface area contributed by atoms with Crippen LogP contribution in [0.15, 0.2) is 47.4 Å². The average molecular weight is 308 g/mol. The molecule has 1 unspecified atom stereocenters. The predicted octanol–water partition coefficient (Wildman–Crippen LogP) is 4.46. The van der Waals surface area contributed by atoms with Gasteiger partial charge in [-0.25, -0.2) is 4.39 Å². The molecule has 0 amide bonds. The van der Waals surface area contributed by atoms with Crippen molar-refractivity contribution in [3.05, 3.63) is 64.4 Å². The van der Waals surface area contributed by atoms with Crippen LogP contribution in [0.25, 0.3) is 0 Å². The SMILES string of the molecule is Fc1ccc(CNCC2CSc3ccccc32)cc1Cl. The maximum Gasteiger partial charge on any atom is 0.141 e. The number of fused-ring (bicyclic) bond motifs is 1. The number of thioether (sulfide) groups is 1. The highest BCUT2D eigenvalue weighted by atomic mass is 35.5. The fourth-order valence-electron chi connectivity index (χ4n) is 2.44. The molecule has 4 heteroatoms. The van der Waals surface area contributed by atoms with Gasteiger partial charge in [0.15, 0.2) is 0 Å². The Morgan fingerprint density at radius 3 is 2.95 bits per heavy atom. The first-order valence-corrected chi connectivity index (χ1v) is 7.97. The van der Waals surface area contributed by atoms with E-state index in [2.05, 4.69) is 29.6 Å². The molecule has 0 saturated carbocycles. The zero-order valence-corrected chi connectivity index (χ0v) is 12.5. The number of nitrogens with one attached hydrogen (secondary N) is 1. The van der Waals surface area contributed by atoms with Crippen LogP contribution in [0.3, 0.4) is 0 Å². The monoisotopic (exact) mass is 307 g/mol. The van der Waals surface area contributed by atoms with E-state index in [-0.39, 0.29) is 10.8 Å². The third-order valence-corrected chi connectivity index (χ3v) is 5.04. The maximum atomic E-state index is 13.1. The molecule has 0 aromatic heterocycles. The van der Waals surface area contributed by atoms with Crippen molar-refractivity contribution < 1.29 is 4.39 Å². The van der Waals surface area contributed by atoms with Crippen LogP contribution in [0.5, 0.6) is 0 Å². The van der Waals surface area contributed by atoms with Crippen LogP contribution in [0, 0.1) is 5.82 Å². The minimum Gasteiger partial charge on any atom is -0.312 e. The number of halogens is 2. The maximum absolute atomic E-state index is 13.1. The molecule has 0 saturated heterocycles. The number of hydrogen-bond acceptors (Lipinski definition) is 2. The average Bonchev–Trinajstić information content (AvgIpc) is 2.86. The molecule has 1 aliphatic rings. The van der Waals surface area contributed by atoms with Gasteiger partial charge in [0.05, 0.1) is 5.02 Å². The van der Waals surface area contributed by atoms with Gasteiger partial charge in [0.1, 0.15) is 5.82 Å². The van der Waals surface area contributed by atoms with Gasteiger partial charge >= 0.3 is 0 Å². The molecule has 1 nitrogen and oxygen atoms in total. The van der Waals surface area contributed by atoms with Gasteiger partial charge < -0.3 is 5.32 Å². The molecule has 1 aliphatic heterocycles. The van der Waals surface area contributed by atoms with Gasteiger partial charge in [-0.3, -0.25) is 0 Å². The van der Waals surface area contributed by atoms with E-state index in [9.17, 15) is 4.39 Å². The first-order valence-electron chi connectivity index (χ1n) is 6.60. The lowest BCUT2D eigenvalue weighted by Gasteiger charge is -2.12. The summed E-state index contributed by atoms with van der Waals surface area (Å²) in [6.07, 6.45) is 0. The van der Waals surface area contributed by atoms with E-state index in [1.165, 1.54) is 16.5 Å². The molecule has 2 aromatic rings. The largest absolute Gasteiger partial charge is 0.312 e. The summed E-state index contributed by atoms with van der Waals surface area (Å²) in [4.78, 5) is 1.39. The summed E-state index contributed by atoms with van der Waals surface area (Å²) >= 11 is 7.70. The molecule has 0 radical (unpaired) electrons. The fourth-order valence-corrected chi connectivity index (χ4v) is 3.90. The zero-order valence-electron chi connectivity index (χ0n) is 10.9. The molecule has 20 heavy (non-hydrogen) atoms. The summed E-state index contributed by atoms with van der Waals surface area (Å²) in [7, 11) is 0. The Balaban J connectivity index is 1.57. The smallest absolute Gasteiger partial charge is 0.141 e. The summed E-state index contributed by atoms with van der Waals surface area (Å²) in [5.41, 5.74) is 2.44. The Hall–Kier alpha value is -1.03. The van der Waals surface area contributed by atoms with Gasteiger partial charge in [0, 0.05) is 29.7 Å². The molecule has 2 aromatic carbocycles. The summed E-state index contributed by atoms with van der Waals surface area (Å²) in [6, 6.07) is 13.4. The van der Waals surface area contributed by atoms with Gasteiger partial charge in [-0.15, -0.1) is 11.8 Å². The normalized spacial score (nSPS) is 17.2. The summed E-state index contributed by atoms with van der Waals surface area (Å²) in [5, 5.41) is 3.62. The van der Waals surface area contributed by atoms with E-state index in [4.69, 9.17) is 11.6 Å². The minimum absolute atomic E-state index is 0.186. The molecule has 0 spiro atoms. The van der Waals surface area contributed by atoms with Gasteiger partial charge in [0.2, 0.25) is 0 Å². The Bertz CT molecular complexity index is 617. The van der Waals surface area contributed by atoms with Crippen LogP contribution in [0.2, 0.25) is 5.02 Å². The second kappa shape index (κ2) is 6.17. The molecule has 1 N–H and O–H groups in total. The number of hydrogen-bond donors (Lipinski definition) is 1. The molecule has 1 heterocycles. The molecule has 1 atom stereocenters. The lowest BCUT2D eigenvalue weighted by molar-refractivity contribution is 0.613. The van der Waals surface area contributed by atoms with Gasteiger partial charge in [-0.2, -0.15) is 0 Å². The molecule has 104 valence electrons. The van der Waals surface area contributed by atoms with E-state index in [1.807, 2.05) is 11.8 Å². The van der Waals surface area contributed by atoms with Crippen LogP contribution in [-0.2, 0) is 6.54 Å². The second-order valence-corrected chi connectivity index (χ2v) is 6.39. The van der Waals surface area contributed by atoms with Crippen LogP contribution >= 0.6 is 23.4 Å². The van der Waals surface area contributed by atoms with Crippen LogP contribution in [0.1, 0.15) is 17.0 Å². The van der Waals surface area contributed by atoms with Gasteiger partial charge in [0.25, 0.3) is 0 Å². The summed E-state index contributed by atoms with van der Waals surface area (Å²) < 4.78 is 13.1.